The van der Waals surface area contributed by atoms with E-state index in [0.29, 0.717) is 42.4 Å². The van der Waals surface area contributed by atoms with Gasteiger partial charge in [0.15, 0.2) is 5.13 Å². The molecule has 10 heteroatoms. The first-order chi connectivity index (χ1) is 15.9. The van der Waals surface area contributed by atoms with E-state index in [-0.39, 0.29) is 29.9 Å². The van der Waals surface area contributed by atoms with Crippen LogP contribution in [0.2, 0.25) is 0 Å². The second-order valence-electron chi connectivity index (χ2n) is 8.28. The molecule has 33 heavy (non-hydrogen) atoms. The summed E-state index contributed by atoms with van der Waals surface area (Å²) in [5, 5.41) is 5.53. The van der Waals surface area contributed by atoms with Gasteiger partial charge in [0.25, 0.3) is 0 Å². The van der Waals surface area contributed by atoms with Gasteiger partial charge in [-0.2, -0.15) is 0 Å². The Bertz CT molecular complexity index is 1110. The van der Waals surface area contributed by atoms with E-state index in [1.54, 1.807) is 24.5 Å². The molecule has 1 fully saturated rings. The number of likely N-dealkylation sites (tertiary alicyclic amines) is 1. The summed E-state index contributed by atoms with van der Waals surface area (Å²) < 4.78 is 34.0. The number of nitrogens with zero attached hydrogens (tertiary/aromatic N) is 4. The van der Waals surface area contributed by atoms with Crippen molar-refractivity contribution >= 4 is 28.3 Å². The van der Waals surface area contributed by atoms with Crippen LogP contribution in [0.3, 0.4) is 0 Å². The molecule has 0 aliphatic carbocycles. The van der Waals surface area contributed by atoms with Crippen molar-refractivity contribution in [3.63, 3.8) is 0 Å². The van der Waals surface area contributed by atoms with Gasteiger partial charge in [0.05, 0.1) is 24.4 Å². The van der Waals surface area contributed by atoms with E-state index in [4.69, 9.17) is 4.74 Å². The average molecular weight is 474 g/mol. The van der Waals surface area contributed by atoms with Gasteiger partial charge in [0, 0.05) is 42.3 Å². The second kappa shape index (κ2) is 9.88. The van der Waals surface area contributed by atoms with Gasteiger partial charge in [-0.3, -0.25) is 14.7 Å². The number of nitrogens with one attached hydrogen (secondary N) is 1. The molecule has 1 aliphatic heterocycles. The van der Waals surface area contributed by atoms with Crippen LogP contribution >= 0.6 is 11.3 Å². The zero-order chi connectivity index (χ0) is 23.4. The van der Waals surface area contributed by atoms with Crippen LogP contribution in [0.5, 0.6) is 0 Å². The molecule has 0 aromatic carbocycles. The van der Waals surface area contributed by atoms with Crippen molar-refractivity contribution in [1.82, 2.24) is 19.9 Å². The monoisotopic (exact) mass is 473 g/mol. The quantitative estimate of drug-likeness (QED) is 0.511. The van der Waals surface area contributed by atoms with E-state index in [1.807, 2.05) is 12.3 Å². The lowest BCUT2D eigenvalue weighted by Crippen LogP contribution is -2.50. The van der Waals surface area contributed by atoms with E-state index in [0.717, 1.165) is 0 Å². The van der Waals surface area contributed by atoms with Crippen molar-refractivity contribution in [2.24, 2.45) is 5.41 Å². The van der Waals surface area contributed by atoms with Crippen LogP contribution < -0.4 is 5.32 Å². The Balaban J connectivity index is 1.54. The minimum Gasteiger partial charge on any atom is -0.469 e. The van der Waals surface area contributed by atoms with Crippen molar-refractivity contribution in [2.45, 2.75) is 38.8 Å². The summed E-state index contributed by atoms with van der Waals surface area (Å²) in [7, 11) is 1.34. The fourth-order valence-corrected chi connectivity index (χ4v) is 4.92. The Hall–Kier alpha value is -2.98. The molecular weight excluding hydrogens is 448 g/mol. The molecule has 4 rings (SSSR count). The lowest BCUT2D eigenvalue weighted by molar-refractivity contribution is -0.157. The molecule has 3 aromatic rings. The van der Waals surface area contributed by atoms with E-state index in [1.165, 1.54) is 30.7 Å². The van der Waals surface area contributed by atoms with Crippen molar-refractivity contribution in [2.75, 3.05) is 19.0 Å². The summed E-state index contributed by atoms with van der Waals surface area (Å²) in [4.78, 5) is 27.4. The zero-order valence-corrected chi connectivity index (χ0v) is 19.2. The van der Waals surface area contributed by atoms with E-state index < -0.39 is 11.2 Å². The van der Waals surface area contributed by atoms with Gasteiger partial charge in [-0.25, -0.2) is 18.7 Å². The summed E-state index contributed by atoms with van der Waals surface area (Å²) in [5.74, 6) is -0.759. The number of ether oxygens (including phenoxy) is 1. The number of esters is 1. The van der Waals surface area contributed by atoms with Crippen LogP contribution in [0.15, 0.2) is 42.2 Å². The number of thiazole rings is 1. The molecule has 0 bridgehead atoms. The van der Waals surface area contributed by atoms with Gasteiger partial charge in [-0.1, -0.05) is 0 Å². The van der Waals surface area contributed by atoms with Crippen molar-refractivity contribution in [3.05, 3.63) is 65.1 Å². The van der Waals surface area contributed by atoms with Crippen LogP contribution in [0, 0.1) is 17.0 Å². The van der Waals surface area contributed by atoms with Gasteiger partial charge >= 0.3 is 5.97 Å². The van der Waals surface area contributed by atoms with Gasteiger partial charge in [0.2, 0.25) is 0 Å². The van der Waals surface area contributed by atoms with Crippen LogP contribution in [-0.2, 0) is 22.5 Å². The zero-order valence-electron chi connectivity index (χ0n) is 18.4. The summed E-state index contributed by atoms with van der Waals surface area (Å²) in [6, 6.07) is 4.49. The Morgan fingerprint density at radius 2 is 2.15 bits per heavy atom. The standard InChI is InChI=1S/C23H25F2N5O2S/c1-15-11-23(21(31)32-2,6-9-30(15)14-16-5-7-26-13-18(16)25)12-19-17(24)3-4-20(28-19)29-22-27-8-10-33-22/h3-5,7-8,10,13,15H,6,9,11-12,14H2,1-2H3,(H,27,28,29). The highest BCUT2D eigenvalue weighted by Crippen LogP contribution is 2.40. The molecule has 1 saturated heterocycles. The van der Waals surface area contributed by atoms with Crippen molar-refractivity contribution in [3.8, 4) is 0 Å². The minimum absolute atomic E-state index is 0.0508. The highest BCUT2D eigenvalue weighted by molar-refractivity contribution is 7.13. The fraction of sp³-hybridized carbons (Fsp3) is 0.391. The molecule has 7 nitrogen and oxygen atoms in total. The molecule has 4 heterocycles. The molecule has 174 valence electrons. The van der Waals surface area contributed by atoms with E-state index in [2.05, 4.69) is 25.2 Å². The number of pyridine rings is 2. The summed E-state index contributed by atoms with van der Waals surface area (Å²) >= 11 is 1.41. The molecular formula is C23H25F2N5O2S. The predicted octanol–water partition coefficient (Wildman–Crippen LogP) is 4.34. The highest BCUT2D eigenvalue weighted by atomic mass is 32.1. The van der Waals surface area contributed by atoms with E-state index >= 15 is 0 Å². The van der Waals surface area contributed by atoms with Crippen LogP contribution in [0.1, 0.15) is 31.0 Å². The summed E-state index contributed by atoms with van der Waals surface area (Å²) in [6.07, 6.45) is 5.42. The van der Waals surface area contributed by atoms with Crippen molar-refractivity contribution in [1.29, 1.82) is 0 Å². The highest BCUT2D eigenvalue weighted by Gasteiger charge is 2.46. The molecule has 0 saturated carbocycles. The lowest BCUT2D eigenvalue weighted by Gasteiger charge is -2.44. The molecule has 0 radical (unpaired) electrons. The fourth-order valence-electron chi connectivity index (χ4n) is 4.39. The van der Waals surface area contributed by atoms with Gasteiger partial charge in [-0.15, -0.1) is 11.3 Å². The summed E-state index contributed by atoms with van der Waals surface area (Å²) in [6.45, 7) is 2.93. The number of anilines is 2. The first-order valence-electron chi connectivity index (χ1n) is 10.6. The first kappa shape index (κ1) is 23.2. The largest absolute Gasteiger partial charge is 0.469 e. The SMILES string of the molecule is COC(=O)C1(Cc2nc(Nc3nccs3)ccc2F)CCN(Cc2ccncc2F)C(C)C1. The molecule has 3 aromatic heterocycles. The maximum Gasteiger partial charge on any atom is 0.312 e. The van der Waals surface area contributed by atoms with Gasteiger partial charge < -0.3 is 10.1 Å². The van der Waals surface area contributed by atoms with Crippen LogP contribution in [0.4, 0.5) is 19.7 Å². The molecule has 0 spiro atoms. The number of carbonyl (C=O) groups is 1. The number of piperidine rings is 1. The van der Waals surface area contributed by atoms with Gasteiger partial charge in [-0.05, 0) is 44.5 Å². The molecule has 2 atom stereocenters. The van der Waals surface area contributed by atoms with E-state index in [9.17, 15) is 13.6 Å². The third-order valence-electron chi connectivity index (χ3n) is 6.13. The number of carbonyl (C=O) groups excluding carboxylic acids is 1. The average Bonchev–Trinajstić information content (AvgIpc) is 3.32. The number of rotatable bonds is 7. The van der Waals surface area contributed by atoms with Crippen molar-refractivity contribution < 1.29 is 18.3 Å². The molecule has 0 amide bonds. The van der Waals surface area contributed by atoms with Gasteiger partial charge in [0.1, 0.15) is 17.5 Å². The Labute approximate surface area is 194 Å². The number of methoxy groups -OCH3 is 1. The Morgan fingerprint density at radius 1 is 1.30 bits per heavy atom. The third kappa shape index (κ3) is 5.17. The topological polar surface area (TPSA) is 80.2 Å². The lowest BCUT2D eigenvalue weighted by atomic mass is 9.72. The predicted molar refractivity (Wildman–Crippen MR) is 121 cm³/mol. The number of aromatic nitrogens is 3. The van der Waals surface area contributed by atoms with Crippen LogP contribution in [0.25, 0.3) is 0 Å². The number of halogens is 2. The normalized spacial score (nSPS) is 21.0. The minimum atomic E-state index is -0.922. The molecule has 1 aliphatic rings. The Kier molecular flexibility index (Phi) is 6.94. The number of hydrogen-bond acceptors (Lipinski definition) is 8. The first-order valence-corrected chi connectivity index (χ1v) is 11.5. The second-order valence-corrected chi connectivity index (χ2v) is 9.17. The summed E-state index contributed by atoms with van der Waals surface area (Å²) in [5.41, 5.74) is -0.173. The Morgan fingerprint density at radius 3 is 2.85 bits per heavy atom. The smallest absolute Gasteiger partial charge is 0.312 e. The van der Waals surface area contributed by atoms with Crippen LogP contribution in [-0.4, -0.2) is 45.5 Å². The molecule has 2 unspecified atom stereocenters. The number of hydrogen-bond donors (Lipinski definition) is 1. The third-order valence-corrected chi connectivity index (χ3v) is 6.82. The maximum atomic E-state index is 14.7. The maximum absolute atomic E-state index is 14.7. The molecule has 1 N–H and O–H groups in total.